The highest BCUT2D eigenvalue weighted by molar-refractivity contribution is 7.99. The van der Waals surface area contributed by atoms with Gasteiger partial charge in [-0.15, -0.1) is 11.8 Å². The Balaban J connectivity index is 1.53. The van der Waals surface area contributed by atoms with E-state index in [1.807, 2.05) is 39.9 Å². The van der Waals surface area contributed by atoms with Gasteiger partial charge in [0.1, 0.15) is 24.4 Å². The van der Waals surface area contributed by atoms with E-state index in [-0.39, 0.29) is 49.0 Å². The van der Waals surface area contributed by atoms with E-state index in [1.54, 1.807) is 18.9 Å². The Hall–Kier alpha value is -3.37. The molecule has 43 heavy (non-hydrogen) atoms. The molecule has 2 saturated heterocycles. The van der Waals surface area contributed by atoms with Gasteiger partial charge in [-0.3, -0.25) is 19.5 Å². The number of carbonyl (C=O) groups is 1. The van der Waals surface area contributed by atoms with Crippen LogP contribution in [0.15, 0.2) is 6.07 Å². The summed E-state index contributed by atoms with van der Waals surface area (Å²) < 4.78 is 23.6. The molecule has 7 atom stereocenters. The van der Waals surface area contributed by atoms with Gasteiger partial charge in [0.05, 0.1) is 30.5 Å². The van der Waals surface area contributed by atoms with Crippen molar-refractivity contribution >= 4 is 17.7 Å². The van der Waals surface area contributed by atoms with Crippen molar-refractivity contribution in [1.82, 2.24) is 14.7 Å². The molecule has 0 aliphatic carbocycles. The average Bonchev–Trinajstić information content (AvgIpc) is 3.46. The number of hydrogen-bond donors (Lipinski definition) is 2. The lowest BCUT2D eigenvalue weighted by Crippen LogP contribution is -2.69. The molecule has 12 heteroatoms. The van der Waals surface area contributed by atoms with Gasteiger partial charge in [0.2, 0.25) is 6.79 Å². The van der Waals surface area contributed by atoms with E-state index in [4.69, 9.17) is 18.9 Å². The van der Waals surface area contributed by atoms with Crippen LogP contribution in [-0.2, 0) is 16.0 Å². The zero-order valence-corrected chi connectivity index (χ0v) is 25.9. The SMILES string of the molecule is COc1c(C)cc2c(c1O)[C@@H]1C3[C@@H]4SC[C@H](N(C)C)C(=O)OC[C@@H](c5c6c(c(C)c(O)c54)OCO6)N3[C@@H](C#N)[C@H](C2)N1C. The predicted molar refractivity (Wildman–Crippen MR) is 158 cm³/mol. The van der Waals surface area contributed by atoms with Gasteiger partial charge < -0.3 is 29.2 Å². The summed E-state index contributed by atoms with van der Waals surface area (Å²) in [6.45, 7) is 3.72. The maximum atomic E-state index is 13.4. The van der Waals surface area contributed by atoms with E-state index in [0.717, 1.165) is 16.7 Å². The van der Waals surface area contributed by atoms with Crippen molar-refractivity contribution in [2.75, 3.05) is 47.4 Å². The number of hydrogen-bond acceptors (Lipinski definition) is 12. The number of aryl methyl sites for hydroxylation is 1. The highest BCUT2D eigenvalue weighted by Gasteiger charge is 2.60. The maximum Gasteiger partial charge on any atom is 0.324 e. The van der Waals surface area contributed by atoms with E-state index >= 15 is 0 Å². The number of ether oxygens (including phenoxy) is 4. The third-order valence-electron chi connectivity index (χ3n) is 10.0. The number of phenolic OH excluding ortho intramolecular Hbond substituents is 2. The first-order valence-electron chi connectivity index (χ1n) is 14.5. The quantitative estimate of drug-likeness (QED) is 0.487. The van der Waals surface area contributed by atoms with E-state index in [1.165, 1.54) is 0 Å². The molecule has 1 unspecified atom stereocenters. The summed E-state index contributed by atoms with van der Waals surface area (Å²) >= 11 is 1.56. The number of cyclic esters (lactones) is 1. The summed E-state index contributed by atoms with van der Waals surface area (Å²) in [6.07, 6.45) is 0.554. The maximum absolute atomic E-state index is 13.4. The lowest BCUT2D eigenvalue weighted by molar-refractivity contribution is -0.154. The van der Waals surface area contributed by atoms with Crippen LogP contribution >= 0.6 is 11.8 Å². The van der Waals surface area contributed by atoms with Gasteiger partial charge in [-0.05, 0) is 52.5 Å². The standard InChI is InChI=1S/C31H36N4O7S/c1-13-7-15-8-16-17(9-32)35-18-10-40-31(38)19(33(3)4)11-43-30(22-21(18)29-28(41-12-42-29)14(2)25(22)36)24(35)23(34(16)5)20(15)26(37)27(13)39-6/h7,16-19,23-24,30,36-37H,8,10-12H2,1-6H3/t16-,17-,18-,19-,23+,24?,30+/m0/s1. The highest BCUT2D eigenvalue weighted by atomic mass is 32.2. The van der Waals surface area contributed by atoms with Crippen molar-refractivity contribution in [3.8, 4) is 34.8 Å². The minimum absolute atomic E-state index is 0.0125. The number of nitrogens with zero attached hydrogens (tertiary/aromatic N) is 4. The minimum Gasteiger partial charge on any atom is -0.507 e. The topological polar surface area (TPSA) is 128 Å². The number of phenols is 2. The van der Waals surface area contributed by atoms with E-state index in [0.29, 0.717) is 46.1 Å². The first-order valence-corrected chi connectivity index (χ1v) is 15.5. The second-order valence-corrected chi connectivity index (χ2v) is 13.5. The molecule has 0 amide bonds. The Bertz CT molecular complexity index is 1570. The van der Waals surface area contributed by atoms with E-state index in [9.17, 15) is 20.3 Å². The molecule has 11 nitrogen and oxygen atoms in total. The van der Waals surface area contributed by atoms with Crippen LogP contribution in [0.3, 0.4) is 0 Å². The fourth-order valence-corrected chi connectivity index (χ4v) is 9.77. The first-order chi connectivity index (χ1) is 20.6. The van der Waals surface area contributed by atoms with Crippen LogP contribution in [0.4, 0.5) is 0 Å². The Morgan fingerprint density at radius 1 is 1.12 bits per heavy atom. The monoisotopic (exact) mass is 608 g/mol. The smallest absolute Gasteiger partial charge is 0.324 e. The van der Waals surface area contributed by atoms with Crippen LogP contribution in [0.1, 0.15) is 50.7 Å². The number of nitriles is 1. The van der Waals surface area contributed by atoms with Crippen LogP contribution in [0.2, 0.25) is 0 Å². The molecular weight excluding hydrogens is 572 g/mol. The molecule has 228 valence electrons. The number of rotatable bonds is 2. The molecular formula is C31H36N4O7S. The lowest BCUT2D eigenvalue weighted by atomic mass is 9.71. The number of fused-ring (bicyclic) bond motifs is 9. The first kappa shape index (κ1) is 28.4. The van der Waals surface area contributed by atoms with Gasteiger partial charge in [-0.1, -0.05) is 6.07 Å². The van der Waals surface area contributed by atoms with Crippen molar-refractivity contribution < 1.29 is 34.0 Å². The number of thioether (sulfide) groups is 1. The molecule has 0 spiro atoms. The number of esters is 1. The van der Waals surface area contributed by atoms with Gasteiger partial charge in [-0.2, -0.15) is 5.26 Å². The lowest BCUT2D eigenvalue weighted by Gasteiger charge is -2.61. The number of methoxy groups -OCH3 is 1. The molecule has 5 aliphatic rings. The van der Waals surface area contributed by atoms with Crippen LogP contribution in [-0.4, -0.2) is 102 Å². The van der Waals surface area contributed by atoms with Crippen molar-refractivity contribution in [2.45, 2.75) is 61.8 Å². The second kappa shape index (κ2) is 10.1. The molecule has 0 saturated carbocycles. The summed E-state index contributed by atoms with van der Waals surface area (Å²) in [7, 11) is 7.27. The number of carbonyl (C=O) groups excluding carboxylic acids is 1. The van der Waals surface area contributed by atoms with Crippen LogP contribution in [0.25, 0.3) is 0 Å². The number of likely N-dealkylation sites (N-methyl/N-ethyl adjacent to an activating group) is 2. The third-order valence-corrected chi connectivity index (χ3v) is 11.4. The van der Waals surface area contributed by atoms with Crippen molar-refractivity contribution in [3.63, 3.8) is 0 Å². The zero-order chi connectivity index (χ0) is 30.5. The number of piperazine rings is 1. The molecule has 0 aromatic heterocycles. The molecule has 2 N–H and O–H groups in total. The van der Waals surface area contributed by atoms with Gasteiger partial charge in [0.25, 0.3) is 0 Å². The summed E-state index contributed by atoms with van der Waals surface area (Å²) in [4.78, 5) is 19.6. The Labute approximate surface area is 254 Å². The third kappa shape index (κ3) is 3.81. The fraction of sp³-hybridized carbons (Fsp3) is 0.548. The molecule has 5 heterocycles. The average molecular weight is 609 g/mol. The normalized spacial score (nSPS) is 31.1. The second-order valence-electron chi connectivity index (χ2n) is 12.3. The van der Waals surface area contributed by atoms with Crippen molar-refractivity contribution in [2.24, 2.45) is 0 Å². The summed E-state index contributed by atoms with van der Waals surface area (Å²) in [6, 6.07) is 2.07. The van der Waals surface area contributed by atoms with Gasteiger partial charge >= 0.3 is 5.97 Å². The van der Waals surface area contributed by atoms with Gasteiger partial charge in [0.15, 0.2) is 23.0 Å². The minimum atomic E-state index is -0.594. The van der Waals surface area contributed by atoms with Crippen molar-refractivity contribution in [3.05, 3.63) is 39.4 Å². The van der Waals surface area contributed by atoms with Gasteiger partial charge in [0, 0.05) is 40.1 Å². The number of benzene rings is 2. The molecule has 2 fully saturated rings. The Morgan fingerprint density at radius 2 is 1.86 bits per heavy atom. The number of aromatic hydroxyl groups is 2. The molecule has 7 rings (SSSR count). The van der Waals surface area contributed by atoms with Crippen LogP contribution in [0, 0.1) is 25.2 Å². The molecule has 2 aromatic rings. The fourth-order valence-electron chi connectivity index (χ4n) is 8.06. The Kier molecular flexibility index (Phi) is 6.66. The zero-order valence-electron chi connectivity index (χ0n) is 25.1. The van der Waals surface area contributed by atoms with Crippen LogP contribution in [0.5, 0.6) is 28.7 Å². The molecule has 0 radical (unpaired) electrons. The van der Waals surface area contributed by atoms with Crippen LogP contribution < -0.4 is 14.2 Å². The molecule has 4 bridgehead atoms. The molecule has 2 aromatic carbocycles. The van der Waals surface area contributed by atoms with Crippen molar-refractivity contribution in [1.29, 1.82) is 5.26 Å². The summed E-state index contributed by atoms with van der Waals surface area (Å²) in [5.74, 6) is 1.72. The largest absolute Gasteiger partial charge is 0.507 e. The Morgan fingerprint density at radius 3 is 2.56 bits per heavy atom. The summed E-state index contributed by atoms with van der Waals surface area (Å²) in [5, 5.41) is 34.0. The van der Waals surface area contributed by atoms with E-state index in [2.05, 4.69) is 21.9 Å². The van der Waals surface area contributed by atoms with Gasteiger partial charge in [-0.25, -0.2) is 0 Å². The van der Waals surface area contributed by atoms with E-state index < -0.39 is 23.4 Å². The highest BCUT2D eigenvalue weighted by Crippen LogP contribution is 2.63. The summed E-state index contributed by atoms with van der Waals surface area (Å²) in [5.41, 5.74) is 4.60. The predicted octanol–water partition coefficient (Wildman–Crippen LogP) is 2.94. The molecule has 5 aliphatic heterocycles.